The van der Waals surface area contributed by atoms with E-state index in [-0.39, 0.29) is 29.7 Å². The van der Waals surface area contributed by atoms with Crippen molar-refractivity contribution in [3.63, 3.8) is 0 Å². The van der Waals surface area contributed by atoms with Crippen LogP contribution in [0.25, 0.3) is 11.0 Å². The molecule has 0 spiro atoms. The molecule has 1 amide bonds. The molecule has 3 aromatic rings. The summed E-state index contributed by atoms with van der Waals surface area (Å²) in [5, 5.41) is 13.7. The highest BCUT2D eigenvalue weighted by Crippen LogP contribution is 2.29. The van der Waals surface area contributed by atoms with Crippen molar-refractivity contribution in [1.29, 1.82) is 0 Å². The third-order valence-corrected chi connectivity index (χ3v) is 4.96. The predicted molar refractivity (Wildman–Crippen MR) is 110 cm³/mol. The van der Waals surface area contributed by atoms with Crippen molar-refractivity contribution >= 4 is 16.9 Å². The molecule has 0 unspecified atom stereocenters. The number of hydrogen-bond donors (Lipinski definition) is 2. The van der Waals surface area contributed by atoms with Gasteiger partial charge in [0.05, 0.1) is 17.4 Å². The first-order valence-electron chi connectivity index (χ1n) is 9.44. The van der Waals surface area contributed by atoms with Crippen LogP contribution in [0.2, 0.25) is 0 Å². The molecule has 0 saturated heterocycles. The van der Waals surface area contributed by atoms with Gasteiger partial charge in [-0.05, 0) is 62.4 Å². The Morgan fingerprint density at radius 1 is 1.18 bits per heavy atom. The first kappa shape index (κ1) is 19.7. The summed E-state index contributed by atoms with van der Waals surface area (Å²) in [6.45, 7) is 5.49. The summed E-state index contributed by atoms with van der Waals surface area (Å²) < 4.78 is 5.35. The fourth-order valence-corrected chi connectivity index (χ4v) is 3.45. The Morgan fingerprint density at radius 2 is 1.89 bits per heavy atom. The smallest absolute Gasteiger partial charge is 0.340 e. The molecule has 0 radical (unpaired) electrons. The minimum absolute atomic E-state index is 0.0171. The van der Waals surface area contributed by atoms with E-state index in [1.54, 1.807) is 19.1 Å². The monoisotopic (exact) mass is 379 g/mol. The number of phenolic OH excluding ortho intramolecular Hbond substituents is 1. The van der Waals surface area contributed by atoms with E-state index in [0.29, 0.717) is 16.5 Å². The molecule has 0 aliphatic carbocycles. The van der Waals surface area contributed by atoms with Crippen LogP contribution >= 0.6 is 0 Å². The Hall–Kier alpha value is -3.08. The van der Waals surface area contributed by atoms with E-state index in [2.05, 4.69) is 17.4 Å². The maximum atomic E-state index is 12.5. The molecule has 0 fully saturated rings. The molecule has 5 nitrogen and oxygen atoms in total. The van der Waals surface area contributed by atoms with E-state index in [4.69, 9.17) is 4.42 Å². The number of benzene rings is 2. The van der Waals surface area contributed by atoms with Gasteiger partial charge in [-0.3, -0.25) is 4.79 Å². The minimum Gasteiger partial charge on any atom is -0.507 e. The van der Waals surface area contributed by atoms with Crippen molar-refractivity contribution in [2.75, 3.05) is 0 Å². The van der Waals surface area contributed by atoms with Crippen LogP contribution in [0.5, 0.6) is 5.75 Å². The summed E-state index contributed by atoms with van der Waals surface area (Å²) in [4.78, 5) is 24.8. The van der Waals surface area contributed by atoms with E-state index in [0.717, 1.165) is 18.4 Å². The summed E-state index contributed by atoms with van der Waals surface area (Å²) >= 11 is 0. The molecular formula is C23H25NO4. The zero-order chi connectivity index (χ0) is 20.3. The van der Waals surface area contributed by atoms with Gasteiger partial charge in [-0.25, -0.2) is 4.79 Å². The topological polar surface area (TPSA) is 79.5 Å². The second-order valence-electron chi connectivity index (χ2n) is 7.32. The quantitative estimate of drug-likeness (QED) is 0.639. The SMILES string of the molecule is Cc1cc(O)c2c(C)c(CC(=O)N[C@H](C)CCc3ccccc3)c(=O)oc2c1. The molecule has 0 saturated carbocycles. The second-order valence-corrected chi connectivity index (χ2v) is 7.32. The van der Waals surface area contributed by atoms with Crippen LogP contribution in [-0.4, -0.2) is 17.1 Å². The number of aromatic hydroxyl groups is 1. The fraction of sp³-hybridized carbons (Fsp3) is 0.304. The van der Waals surface area contributed by atoms with Crippen LogP contribution in [0, 0.1) is 13.8 Å². The van der Waals surface area contributed by atoms with Crippen molar-refractivity contribution in [2.24, 2.45) is 0 Å². The second kappa shape index (κ2) is 8.30. The number of rotatable bonds is 6. The van der Waals surface area contributed by atoms with Gasteiger partial charge in [0.25, 0.3) is 0 Å². The van der Waals surface area contributed by atoms with E-state index in [9.17, 15) is 14.7 Å². The lowest BCUT2D eigenvalue weighted by Gasteiger charge is -2.15. The van der Waals surface area contributed by atoms with Crippen LogP contribution in [0.1, 0.15) is 35.6 Å². The minimum atomic E-state index is -0.540. The third-order valence-electron chi connectivity index (χ3n) is 4.96. The molecule has 1 atom stereocenters. The molecule has 0 aliphatic heterocycles. The largest absolute Gasteiger partial charge is 0.507 e. The Morgan fingerprint density at radius 3 is 2.61 bits per heavy atom. The highest BCUT2D eigenvalue weighted by atomic mass is 16.4. The molecule has 28 heavy (non-hydrogen) atoms. The lowest BCUT2D eigenvalue weighted by Crippen LogP contribution is -2.35. The van der Waals surface area contributed by atoms with Crippen LogP contribution in [-0.2, 0) is 17.6 Å². The lowest BCUT2D eigenvalue weighted by molar-refractivity contribution is -0.121. The lowest BCUT2D eigenvalue weighted by atomic mass is 10.0. The van der Waals surface area contributed by atoms with Gasteiger partial charge in [0.1, 0.15) is 11.3 Å². The van der Waals surface area contributed by atoms with Gasteiger partial charge in [0.15, 0.2) is 0 Å². The van der Waals surface area contributed by atoms with Crippen LogP contribution in [0.3, 0.4) is 0 Å². The molecule has 0 bridgehead atoms. The van der Waals surface area contributed by atoms with Gasteiger partial charge >= 0.3 is 5.63 Å². The number of carbonyl (C=O) groups excluding carboxylic acids is 1. The summed E-state index contributed by atoms with van der Waals surface area (Å²) in [5.74, 6) is -0.184. The highest BCUT2D eigenvalue weighted by molar-refractivity contribution is 5.89. The molecule has 1 aromatic heterocycles. The Labute approximate surface area is 164 Å². The average molecular weight is 379 g/mol. The van der Waals surface area contributed by atoms with E-state index in [1.807, 2.05) is 32.0 Å². The molecule has 146 valence electrons. The number of carbonyl (C=O) groups is 1. The molecule has 0 aliphatic rings. The summed E-state index contributed by atoms with van der Waals surface area (Å²) in [6.07, 6.45) is 1.60. The normalized spacial score (nSPS) is 12.1. The van der Waals surface area contributed by atoms with Crippen LogP contribution < -0.4 is 10.9 Å². The zero-order valence-corrected chi connectivity index (χ0v) is 16.4. The fourth-order valence-electron chi connectivity index (χ4n) is 3.45. The number of hydrogen-bond acceptors (Lipinski definition) is 4. The van der Waals surface area contributed by atoms with Crippen molar-refractivity contribution in [2.45, 2.75) is 46.1 Å². The maximum absolute atomic E-state index is 12.5. The molecule has 3 rings (SSSR count). The van der Waals surface area contributed by atoms with Crippen molar-refractivity contribution in [3.8, 4) is 5.75 Å². The highest BCUT2D eigenvalue weighted by Gasteiger charge is 2.18. The number of amides is 1. The van der Waals surface area contributed by atoms with Gasteiger partial charge < -0.3 is 14.8 Å². The molecule has 2 N–H and O–H groups in total. The third kappa shape index (κ3) is 4.42. The predicted octanol–water partition coefficient (Wildman–Crippen LogP) is 3.80. The van der Waals surface area contributed by atoms with Gasteiger partial charge in [0.2, 0.25) is 5.91 Å². The number of aryl methyl sites for hydroxylation is 3. The van der Waals surface area contributed by atoms with E-state index in [1.165, 1.54) is 5.56 Å². The van der Waals surface area contributed by atoms with Crippen molar-refractivity contribution < 1.29 is 14.3 Å². The zero-order valence-electron chi connectivity index (χ0n) is 16.4. The Kier molecular flexibility index (Phi) is 5.83. The number of phenols is 1. The van der Waals surface area contributed by atoms with Gasteiger partial charge in [0, 0.05) is 6.04 Å². The Bertz CT molecular complexity index is 1050. The van der Waals surface area contributed by atoms with Crippen LogP contribution in [0.15, 0.2) is 51.7 Å². The summed E-state index contributed by atoms with van der Waals surface area (Å²) in [5.41, 5.74) is 2.67. The van der Waals surface area contributed by atoms with Crippen molar-refractivity contribution in [3.05, 3.63) is 75.1 Å². The summed E-state index contributed by atoms with van der Waals surface area (Å²) in [6, 6.07) is 13.4. The van der Waals surface area contributed by atoms with Crippen molar-refractivity contribution in [1.82, 2.24) is 5.32 Å². The van der Waals surface area contributed by atoms with Crippen LogP contribution in [0.4, 0.5) is 0 Å². The first-order valence-corrected chi connectivity index (χ1v) is 9.44. The Balaban J connectivity index is 1.71. The van der Waals surface area contributed by atoms with Gasteiger partial charge in [-0.2, -0.15) is 0 Å². The standard InChI is InChI=1S/C23H25NO4/c1-14-11-19(25)22-16(3)18(23(27)28-20(22)12-14)13-21(26)24-15(2)9-10-17-7-5-4-6-8-17/h4-8,11-12,15,25H,9-10,13H2,1-3H3,(H,24,26)/t15-/m1/s1. The first-order chi connectivity index (χ1) is 13.3. The van der Waals surface area contributed by atoms with Gasteiger partial charge in [-0.15, -0.1) is 0 Å². The molecule has 1 heterocycles. The number of nitrogens with one attached hydrogen (secondary N) is 1. The number of fused-ring (bicyclic) bond motifs is 1. The maximum Gasteiger partial charge on any atom is 0.340 e. The summed E-state index contributed by atoms with van der Waals surface area (Å²) in [7, 11) is 0. The van der Waals surface area contributed by atoms with E-state index < -0.39 is 5.63 Å². The van der Waals surface area contributed by atoms with E-state index >= 15 is 0 Å². The van der Waals surface area contributed by atoms with Gasteiger partial charge in [-0.1, -0.05) is 30.3 Å². The molecular weight excluding hydrogens is 354 g/mol. The molecule has 5 heteroatoms. The average Bonchev–Trinajstić information content (AvgIpc) is 2.63. The molecule has 2 aromatic carbocycles.